The highest BCUT2D eigenvalue weighted by molar-refractivity contribution is 6.50. The maximum Gasteiger partial charge on any atom is 0.190 e. The number of nitrogens with zero attached hydrogens (tertiary/aromatic N) is 3. The van der Waals surface area contributed by atoms with Crippen molar-refractivity contribution in [2.45, 2.75) is 20.8 Å². The van der Waals surface area contributed by atoms with E-state index in [0.717, 1.165) is 21.4 Å². The molecule has 0 unspecified atom stereocenters. The lowest BCUT2D eigenvalue weighted by molar-refractivity contribution is 0.171. The Morgan fingerprint density at radius 1 is 1.11 bits per heavy atom. The number of nitrogens with one attached hydrogen (secondary N) is 1. The molecule has 98 valence electrons. The van der Waals surface area contributed by atoms with Crippen LogP contribution < -0.4 is 5.49 Å². The van der Waals surface area contributed by atoms with Gasteiger partial charge in [-0.2, -0.15) is 4.73 Å². The zero-order valence-corrected chi connectivity index (χ0v) is 11.2. The van der Waals surface area contributed by atoms with Crippen molar-refractivity contribution in [2.24, 2.45) is 10.2 Å². The molecule has 1 aliphatic carbocycles. The largest absolute Gasteiger partial charge is 0.427 e. The van der Waals surface area contributed by atoms with Crippen LogP contribution in [0, 0.1) is 12.3 Å². The normalized spacial score (nSPS) is 18.6. The van der Waals surface area contributed by atoms with Crippen molar-refractivity contribution >= 4 is 11.4 Å². The van der Waals surface area contributed by atoms with E-state index in [9.17, 15) is 5.21 Å². The molecule has 0 aromatic carbocycles. The first-order valence-electron chi connectivity index (χ1n) is 5.93. The zero-order chi connectivity index (χ0) is 14.0. The maximum atomic E-state index is 9.60. The second-order valence-corrected chi connectivity index (χ2v) is 4.56. The third-order valence-corrected chi connectivity index (χ3v) is 2.94. The monoisotopic (exact) mass is 256 g/mol. The summed E-state index contributed by atoms with van der Waals surface area (Å²) in [5, 5.41) is 25.5. The molecule has 0 saturated heterocycles. The maximum absolute atomic E-state index is 9.60. The second-order valence-electron chi connectivity index (χ2n) is 4.56. The molecule has 0 atom stereocenters. The Labute approximate surface area is 111 Å². The van der Waals surface area contributed by atoms with Gasteiger partial charge in [0.1, 0.15) is 5.71 Å². The van der Waals surface area contributed by atoms with Crippen LogP contribution in [0.5, 0.6) is 0 Å². The summed E-state index contributed by atoms with van der Waals surface area (Å²) in [5.74, 6) is 0. The molecule has 5 heteroatoms. The number of aryl methyl sites for hydroxylation is 1. The average molecular weight is 256 g/mol. The molecule has 0 spiro atoms. The van der Waals surface area contributed by atoms with Gasteiger partial charge in [-0.1, -0.05) is 0 Å². The molecule has 1 aromatic heterocycles. The van der Waals surface area contributed by atoms with Gasteiger partial charge in [-0.3, -0.25) is 5.41 Å². The highest BCUT2D eigenvalue weighted by Crippen LogP contribution is 2.14. The number of rotatable bonds is 1. The highest BCUT2D eigenvalue weighted by Gasteiger charge is 2.10. The van der Waals surface area contributed by atoms with E-state index in [-0.39, 0.29) is 0 Å². The molecule has 1 aromatic rings. The summed E-state index contributed by atoms with van der Waals surface area (Å²) >= 11 is 0. The van der Waals surface area contributed by atoms with Gasteiger partial charge in [0.05, 0.1) is 5.71 Å². The fraction of sp³-hybridized carbons (Fsp3) is 0.214. The van der Waals surface area contributed by atoms with Crippen LogP contribution in [0.15, 0.2) is 51.8 Å². The summed E-state index contributed by atoms with van der Waals surface area (Å²) < 4.78 is 0.904. The van der Waals surface area contributed by atoms with E-state index in [2.05, 4.69) is 10.2 Å². The lowest BCUT2D eigenvalue weighted by Crippen LogP contribution is -2.19. The lowest BCUT2D eigenvalue weighted by Gasteiger charge is -2.09. The molecule has 2 rings (SSSR count). The Kier molecular flexibility index (Phi) is 3.46. The lowest BCUT2D eigenvalue weighted by atomic mass is 9.98. The molecule has 5 nitrogen and oxygen atoms in total. The first-order valence-corrected chi connectivity index (χ1v) is 5.93. The van der Waals surface area contributed by atoms with Gasteiger partial charge < -0.3 is 5.21 Å². The van der Waals surface area contributed by atoms with E-state index < -0.39 is 0 Å². The Balaban J connectivity index is 2.43. The van der Waals surface area contributed by atoms with E-state index in [1.165, 1.54) is 6.20 Å². The van der Waals surface area contributed by atoms with Crippen molar-refractivity contribution in [2.75, 3.05) is 0 Å². The number of pyridine rings is 1. The van der Waals surface area contributed by atoms with E-state index in [1.54, 1.807) is 18.2 Å². The molecule has 0 aliphatic heterocycles. The minimum absolute atomic E-state index is 0.323. The van der Waals surface area contributed by atoms with Gasteiger partial charge in [0.15, 0.2) is 5.49 Å². The predicted molar refractivity (Wildman–Crippen MR) is 74.6 cm³/mol. The van der Waals surface area contributed by atoms with E-state index in [1.807, 2.05) is 26.8 Å². The molecular weight excluding hydrogens is 240 g/mol. The van der Waals surface area contributed by atoms with Gasteiger partial charge in [0, 0.05) is 6.20 Å². The molecular formula is C14H16N4O. The molecule has 2 N–H and O–H groups in total. The Bertz CT molecular complexity index is 690. The molecule has 0 saturated carbocycles. The number of allylic oxidation sites excluding steroid dienone is 4. The standard InChI is InChI=1S/C14H16N4O/c1-9-4-5-18(19)14(6-9)17-16-13-8-11(3)10(2)7-12(13)15/h4-8,15,19H,1-3H3. The first kappa shape index (κ1) is 13.0. The zero-order valence-electron chi connectivity index (χ0n) is 11.2. The molecule has 0 radical (unpaired) electrons. The summed E-state index contributed by atoms with van der Waals surface area (Å²) in [6.45, 7) is 5.83. The van der Waals surface area contributed by atoms with Gasteiger partial charge in [0.25, 0.3) is 0 Å². The van der Waals surface area contributed by atoms with Crippen molar-refractivity contribution in [3.8, 4) is 0 Å². The van der Waals surface area contributed by atoms with Crippen molar-refractivity contribution in [1.82, 2.24) is 4.73 Å². The summed E-state index contributed by atoms with van der Waals surface area (Å²) in [6, 6.07) is 3.49. The van der Waals surface area contributed by atoms with Gasteiger partial charge in [-0.05, 0) is 61.8 Å². The third-order valence-electron chi connectivity index (χ3n) is 2.94. The summed E-state index contributed by atoms with van der Waals surface area (Å²) in [7, 11) is 0. The first-order chi connectivity index (χ1) is 8.97. The molecule has 0 amide bonds. The highest BCUT2D eigenvalue weighted by atomic mass is 16.5. The Hall–Kier alpha value is -2.43. The van der Waals surface area contributed by atoms with Crippen LogP contribution in [0.1, 0.15) is 19.4 Å². The van der Waals surface area contributed by atoms with Crippen LogP contribution in [0.3, 0.4) is 0 Å². The summed E-state index contributed by atoms with van der Waals surface area (Å²) in [4.78, 5) is 0. The second kappa shape index (κ2) is 5.06. The average Bonchev–Trinajstić information content (AvgIpc) is 2.36. The molecule has 0 bridgehead atoms. The molecule has 1 aliphatic rings. The molecule has 19 heavy (non-hydrogen) atoms. The molecule has 0 fully saturated rings. The topological polar surface area (TPSA) is 73.7 Å². The van der Waals surface area contributed by atoms with Crippen LogP contribution in [-0.2, 0) is 0 Å². The van der Waals surface area contributed by atoms with Crippen LogP contribution in [0.4, 0.5) is 0 Å². The van der Waals surface area contributed by atoms with Gasteiger partial charge in [-0.25, -0.2) is 0 Å². The number of aromatic nitrogens is 1. The Morgan fingerprint density at radius 3 is 2.53 bits per heavy atom. The number of hydrogen-bond donors (Lipinski definition) is 2. The van der Waals surface area contributed by atoms with Gasteiger partial charge in [0.2, 0.25) is 0 Å². The SMILES string of the molecule is CC1=CC(=N)C(=NN=c2cc(C)ccn2O)C=C1C. The van der Waals surface area contributed by atoms with Crippen LogP contribution in [0.2, 0.25) is 0 Å². The van der Waals surface area contributed by atoms with Crippen molar-refractivity contribution in [3.63, 3.8) is 0 Å². The predicted octanol–water partition coefficient (Wildman–Crippen LogP) is 2.22. The van der Waals surface area contributed by atoms with E-state index in [0.29, 0.717) is 16.9 Å². The van der Waals surface area contributed by atoms with Crippen molar-refractivity contribution < 1.29 is 5.21 Å². The van der Waals surface area contributed by atoms with Crippen LogP contribution in [-0.4, -0.2) is 21.4 Å². The minimum atomic E-state index is 0.323. The van der Waals surface area contributed by atoms with E-state index >= 15 is 0 Å². The molecule has 1 heterocycles. The smallest absolute Gasteiger partial charge is 0.190 e. The van der Waals surface area contributed by atoms with Gasteiger partial charge in [-0.15, -0.1) is 10.2 Å². The van der Waals surface area contributed by atoms with Crippen molar-refractivity contribution in [1.29, 1.82) is 5.41 Å². The quantitative estimate of drug-likeness (QED) is 0.451. The summed E-state index contributed by atoms with van der Waals surface area (Å²) in [6.07, 6.45) is 5.08. The summed E-state index contributed by atoms with van der Waals surface area (Å²) in [5.41, 5.74) is 4.24. The van der Waals surface area contributed by atoms with Gasteiger partial charge >= 0.3 is 0 Å². The Morgan fingerprint density at radius 2 is 1.79 bits per heavy atom. The van der Waals surface area contributed by atoms with Crippen LogP contribution >= 0.6 is 0 Å². The van der Waals surface area contributed by atoms with Crippen LogP contribution in [0.25, 0.3) is 0 Å². The van der Waals surface area contributed by atoms with Crippen molar-refractivity contribution in [3.05, 3.63) is 52.7 Å². The number of hydrogen-bond acceptors (Lipinski definition) is 4. The minimum Gasteiger partial charge on any atom is -0.427 e. The van der Waals surface area contributed by atoms with E-state index in [4.69, 9.17) is 5.41 Å². The fourth-order valence-corrected chi connectivity index (χ4v) is 1.65. The third kappa shape index (κ3) is 2.88. The fourth-order valence-electron chi connectivity index (χ4n) is 1.65.